The van der Waals surface area contributed by atoms with Crippen molar-refractivity contribution in [2.45, 2.75) is 19.4 Å². The molecule has 0 saturated heterocycles. The quantitative estimate of drug-likeness (QED) is 0.488. The fourth-order valence-corrected chi connectivity index (χ4v) is 3.81. The number of aromatic amines is 1. The Bertz CT molecular complexity index is 1170. The molecule has 0 radical (unpaired) electrons. The van der Waals surface area contributed by atoms with Crippen LogP contribution in [0.15, 0.2) is 48.9 Å². The predicted molar refractivity (Wildman–Crippen MR) is 111 cm³/mol. The minimum Gasteiger partial charge on any atom is -0.369 e. The Labute approximate surface area is 167 Å². The molecular formula is C22H21FN6. The molecule has 0 saturated carbocycles. The summed E-state index contributed by atoms with van der Waals surface area (Å²) in [5, 5.41) is 8.10. The molecular weight excluding hydrogens is 367 g/mol. The van der Waals surface area contributed by atoms with Gasteiger partial charge in [0.25, 0.3) is 0 Å². The van der Waals surface area contributed by atoms with Gasteiger partial charge in [0.15, 0.2) is 5.82 Å². The van der Waals surface area contributed by atoms with E-state index in [1.54, 1.807) is 6.20 Å². The average Bonchev–Trinajstić information content (AvgIpc) is 3.17. The highest BCUT2D eigenvalue weighted by molar-refractivity contribution is 5.83. The SMILES string of the molecule is Fc1cncc(-c2nc3c(c(NCCc4c[nH]c5ccccc45)n2)CNCC3)c1. The first kappa shape index (κ1) is 17.8. The maximum atomic E-state index is 13.6. The van der Waals surface area contributed by atoms with Crippen molar-refractivity contribution in [2.24, 2.45) is 0 Å². The molecule has 146 valence electrons. The molecule has 6 nitrogen and oxygen atoms in total. The van der Waals surface area contributed by atoms with Gasteiger partial charge in [-0.2, -0.15) is 0 Å². The number of nitrogens with zero attached hydrogens (tertiary/aromatic N) is 3. The van der Waals surface area contributed by atoms with Crippen molar-refractivity contribution in [1.29, 1.82) is 0 Å². The Morgan fingerprint density at radius 1 is 1.14 bits per heavy atom. The summed E-state index contributed by atoms with van der Waals surface area (Å²) in [6.45, 7) is 2.35. The van der Waals surface area contributed by atoms with Gasteiger partial charge in [-0.05, 0) is 24.1 Å². The average molecular weight is 388 g/mol. The molecule has 3 N–H and O–H groups in total. The summed E-state index contributed by atoms with van der Waals surface area (Å²) in [5.41, 5.74) is 5.10. The van der Waals surface area contributed by atoms with E-state index in [1.807, 2.05) is 6.07 Å². The highest BCUT2D eigenvalue weighted by atomic mass is 19.1. The third-order valence-electron chi connectivity index (χ3n) is 5.26. The Balaban J connectivity index is 1.42. The first-order chi connectivity index (χ1) is 14.3. The van der Waals surface area contributed by atoms with E-state index in [4.69, 9.17) is 4.98 Å². The van der Waals surface area contributed by atoms with Gasteiger partial charge in [0, 0.05) is 60.5 Å². The van der Waals surface area contributed by atoms with Crippen molar-refractivity contribution >= 4 is 16.7 Å². The van der Waals surface area contributed by atoms with E-state index >= 15 is 0 Å². The van der Waals surface area contributed by atoms with Gasteiger partial charge in [0.2, 0.25) is 0 Å². The summed E-state index contributed by atoms with van der Waals surface area (Å²) in [6, 6.07) is 9.72. The third kappa shape index (κ3) is 3.56. The number of H-pyrrole nitrogens is 1. The number of rotatable bonds is 5. The van der Waals surface area contributed by atoms with Crippen molar-refractivity contribution in [1.82, 2.24) is 25.3 Å². The summed E-state index contributed by atoms with van der Waals surface area (Å²) >= 11 is 0. The largest absolute Gasteiger partial charge is 0.369 e. The van der Waals surface area contributed by atoms with Crippen LogP contribution in [0.1, 0.15) is 16.8 Å². The Hall–Kier alpha value is -3.32. The van der Waals surface area contributed by atoms with Crippen LogP contribution in [0.4, 0.5) is 10.2 Å². The van der Waals surface area contributed by atoms with Crippen LogP contribution in [0, 0.1) is 5.82 Å². The van der Waals surface area contributed by atoms with Gasteiger partial charge in [-0.25, -0.2) is 14.4 Å². The second kappa shape index (κ2) is 7.60. The van der Waals surface area contributed by atoms with Gasteiger partial charge in [-0.3, -0.25) is 4.98 Å². The van der Waals surface area contributed by atoms with E-state index in [0.717, 1.165) is 55.1 Å². The molecule has 0 aliphatic carbocycles. The molecule has 1 aliphatic heterocycles. The smallest absolute Gasteiger partial charge is 0.163 e. The molecule has 0 atom stereocenters. The number of pyridine rings is 1. The summed E-state index contributed by atoms with van der Waals surface area (Å²) in [5.74, 6) is 0.924. The van der Waals surface area contributed by atoms with Gasteiger partial charge < -0.3 is 15.6 Å². The number of halogens is 1. The number of benzene rings is 1. The van der Waals surface area contributed by atoms with E-state index in [-0.39, 0.29) is 5.82 Å². The maximum absolute atomic E-state index is 13.6. The first-order valence-corrected chi connectivity index (χ1v) is 9.78. The zero-order valence-corrected chi connectivity index (χ0v) is 15.9. The van der Waals surface area contributed by atoms with Crippen molar-refractivity contribution < 1.29 is 4.39 Å². The zero-order valence-electron chi connectivity index (χ0n) is 15.9. The number of nitrogens with one attached hydrogen (secondary N) is 3. The van der Waals surface area contributed by atoms with E-state index < -0.39 is 0 Å². The van der Waals surface area contributed by atoms with E-state index in [0.29, 0.717) is 11.4 Å². The normalized spacial score (nSPS) is 13.4. The Kier molecular flexibility index (Phi) is 4.65. The molecule has 4 heterocycles. The van der Waals surface area contributed by atoms with Crippen molar-refractivity contribution in [2.75, 3.05) is 18.4 Å². The van der Waals surface area contributed by atoms with Gasteiger partial charge in [-0.15, -0.1) is 0 Å². The fourth-order valence-electron chi connectivity index (χ4n) is 3.81. The molecule has 0 fully saturated rings. The highest BCUT2D eigenvalue weighted by Gasteiger charge is 2.18. The van der Waals surface area contributed by atoms with E-state index in [9.17, 15) is 4.39 Å². The van der Waals surface area contributed by atoms with Crippen LogP contribution in [0.2, 0.25) is 0 Å². The van der Waals surface area contributed by atoms with Crippen molar-refractivity contribution in [3.8, 4) is 11.4 Å². The second-order valence-corrected chi connectivity index (χ2v) is 7.18. The maximum Gasteiger partial charge on any atom is 0.163 e. The standard InChI is InChI=1S/C22H21FN6/c23-16-9-15(10-25-12-16)21-28-20-6-7-24-13-18(20)22(29-21)26-8-5-14-11-27-19-4-2-1-3-17(14)19/h1-4,9-12,24,27H,5-8,13H2,(H,26,28,29). The number of aromatic nitrogens is 4. The minimum atomic E-state index is -0.390. The lowest BCUT2D eigenvalue weighted by Crippen LogP contribution is -2.27. The molecule has 0 bridgehead atoms. The van der Waals surface area contributed by atoms with Crippen LogP contribution in [-0.2, 0) is 19.4 Å². The minimum absolute atomic E-state index is 0.390. The molecule has 3 aromatic heterocycles. The number of hydrogen-bond acceptors (Lipinski definition) is 5. The predicted octanol–water partition coefficient (Wildman–Crippen LogP) is 3.46. The highest BCUT2D eigenvalue weighted by Crippen LogP contribution is 2.25. The first-order valence-electron chi connectivity index (χ1n) is 9.78. The Morgan fingerprint density at radius 2 is 2.07 bits per heavy atom. The monoisotopic (exact) mass is 388 g/mol. The summed E-state index contributed by atoms with van der Waals surface area (Å²) < 4.78 is 13.6. The van der Waals surface area contributed by atoms with Crippen LogP contribution in [0.25, 0.3) is 22.3 Å². The lowest BCUT2D eigenvalue weighted by molar-refractivity contribution is 0.620. The third-order valence-corrected chi connectivity index (χ3v) is 5.26. The summed E-state index contributed by atoms with van der Waals surface area (Å²) in [6.07, 6.45) is 6.54. The second-order valence-electron chi connectivity index (χ2n) is 7.18. The van der Waals surface area contributed by atoms with Crippen LogP contribution in [0.5, 0.6) is 0 Å². The zero-order chi connectivity index (χ0) is 19.6. The van der Waals surface area contributed by atoms with Crippen LogP contribution < -0.4 is 10.6 Å². The van der Waals surface area contributed by atoms with Gasteiger partial charge in [-0.1, -0.05) is 18.2 Å². The molecule has 4 aromatic rings. The van der Waals surface area contributed by atoms with Gasteiger partial charge in [0.1, 0.15) is 11.6 Å². The van der Waals surface area contributed by atoms with E-state index in [2.05, 4.69) is 50.0 Å². The lowest BCUT2D eigenvalue weighted by atomic mass is 10.1. The summed E-state index contributed by atoms with van der Waals surface area (Å²) in [7, 11) is 0. The number of para-hydroxylation sites is 1. The van der Waals surface area contributed by atoms with Gasteiger partial charge >= 0.3 is 0 Å². The molecule has 0 amide bonds. The molecule has 7 heteroatoms. The number of anilines is 1. The molecule has 29 heavy (non-hydrogen) atoms. The lowest BCUT2D eigenvalue weighted by Gasteiger charge is -2.20. The van der Waals surface area contributed by atoms with Crippen LogP contribution in [0.3, 0.4) is 0 Å². The number of hydrogen-bond donors (Lipinski definition) is 3. The van der Waals surface area contributed by atoms with Crippen molar-refractivity contribution in [3.05, 3.63) is 71.6 Å². The molecule has 0 spiro atoms. The number of fused-ring (bicyclic) bond motifs is 2. The topological polar surface area (TPSA) is 78.5 Å². The fraction of sp³-hybridized carbons (Fsp3) is 0.227. The van der Waals surface area contributed by atoms with Crippen LogP contribution in [-0.4, -0.2) is 33.0 Å². The molecule has 0 unspecified atom stereocenters. The van der Waals surface area contributed by atoms with Crippen LogP contribution >= 0.6 is 0 Å². The summed E-state index contributed by atoms with van der Waals surface area (Å²) in [4.78, 5) is 16.6. The van der Waals surface area contributed by atoms with E-state index in [1.165, 1.54) is 23.2 Å². The molecule has 1 aliphatic rings. The van der Waals surface area contributed by atoms with Gasteiger partial charge in [0.05, 0.1) is 11.9 Å². The molecule has 5 rings (SSSR count). The van der Waals surface area contributed by atoms with Crippen molar-refractivity contribution in [3.63, 3.8) is 0 Å². The Morgan fingerprint density at radius 3 is 3.00 bits per heavy atom. The molecule has 1 aromatic carbocycles.